The number of anilines is 2. The van der Waals surface area contributed by atoms with Crippen molar-refractivity contribution in [2.75, 3.05) is 11.9 Å². The fourth-order valence-corrected chi connectivity index (χ4v) is 5.21. The van der Waals surface area contributed by atoms with Crippen LogP contribution in [-0.2, 0) is 21.3 Å². The Hall–Kier alpha value is -3.53. The van der Waals surface area contributed by atoms with E-state index in [-0.39, 0.29) is 17.8 Å². The molecule has 0 amide bonds. The first-order valence-corrected chi connectivity index (χ1v) is 12.5. The molecule has 202 valence electrons. The maximum Gasteiger partial charge on any atom is 0.433 e. The highest BCUT2D eigenvalue weighted by Crippen LogP contribution is 2.49. The Labute approximate surface area is 219 Å². The van der Waals surface area contributed by atoms with Crippen LogP contribution in [0.3, 0.4) is 0 Å². The third kappa shape index (κ3) is 5.96. The standard InChI is InChI=1S/C28H31F3N4O3/c1-5-38-24(36)21-8-10-27(37,16-26(21,3)4)22-7-6-18(15-33-22)19-12-17(2)13-20(14-19)34-25-32-11-9-23(35-25)28(29,30)31/h6-7,9,11-15,21,37H,5,8,10,16H2,1-4H3,(H,32,34,35). The average Bonchev–Trinajstić information content (AvgIpc) is 2.83. The van der Waals surface area contributed by atoms with Crippen LogP contribution in [0.4, 0.5) is 24.8 Å². The summed E-state index contributed by atoms with van der Waals surface area (Å²) >= 11 is 0. The van der Waals surface area contributed by atoms with Crippen LogP contribution in [0.25, 0.3) is 11.1 Å². The lowest BCUT2D eigenvalue weighted by Gasteiger charge is -2.45. The number of pyridine rings is 1. The van der Waals surface area contributed by atoms with Crippen LogP contribution in [0.15, 0.2) is 48.8 Å². The Morgan fingerprint density at radius 1 is 1.16 bits per heavy atom. The van der Waals surface area contributed by atoms with Crippen molar-refractivity contribution in [1.82, 2.24) is 15.0 Å². The van der Waals surface area contributed by atoms with Crippen molar-refractivity contribution in [3.05, 3.63) is 65.7 Å². The molecule has 2 heterocycles. The summed E-state index contributed by atoms with van der Waals surface area (Å²) in [5.74, 6) is -0.684. The number of halogens is 3. The van der Waals surface area contributed by atoms with Crippen LogP contribution in [0.5, 0.6) is 0 Å². The molecule has 0 aliphatic heterocycles. The molecule has 38 heavy (non-hydrogen) atoms. The van der Waals surface area contributed by atoms with E-state index in [1.807, 2.05) is 32.9 Å². The molecule has 1 saturated carbocycles. The van der Waals surface area contributed by atoms with Gasteiger partial charge in [-0.25, -0.2) is 9.97 Å². The Balaban J connectivity index is 1.54. The Morgan fingerprint density at radius 2 is 1.92 bits per heavy atom. The molecule has 0 saturated heterocycles. The summed E-state index contributed by atoms with van der Waals surface area (Å²) in [5, 5.41) is 14.3. The van der Waals surface area contributed by atoms with Crippen molar-refractivity contribution in [3.63, 3.8) is 0 Å². The Bertz CT molecular complexity index is 1310. The lowest BCUT2D eigenvalue weighted by molar-refractivity contribution is -0.160. The van der Waals surface area contributed by atoms with Crippen molar-refractivity contribution in [3.8, 4) is 11.1 Å². The Kier molecular flexibility index (Phi) is 7.47. The molecule has 2 aromatic heterocycles. The fraction of sp³-hybridized carbons (Fsp3) is 0.429. The van der Waals surface area contributed by atoms with Crippen LogP contribution in [-0.4, -0.2) is 32.6 Å². The third-order valence-corrected chi connectivity index (χ3v) is 6.96. The SMILES string of the molecule is CCOC(=O)C1CCC(O)(c2ccc(-c3cc(C)cc(Nc4nccc(C(F)(F)F)n4)c3)cn2)CC1(C)C. The minimum atomic E-state index is -4.57. The number of aliphatic hydroxyl groups is 1. The van der Waals surface area contributed by atoms with E-state index in [9.17, 15) is 23.1 Å². The van der Waals surface area contributed by atoms with Crippen molar-refractivity contribution in [2.45, 2.75) is 58.7 Å². The second kappa shape index (κ2) is 10.3. The van der Waals surface area contributed by atoms with Gasteiger partial charge in [0.2, 0.25) is 5.95 Å². The lowest BCUT2D eigenvalue weighted by atomic mass is 9.62. The molecule has 0 radical (unpaired) electrons. The molecule has 0 bridgehead atoms. The number of nitrogens with one attached hydrogen (secondary N) is 1. The van der Waals surface area contributed by atoms with E-state index < -0.39 is 22.9 Å². The van der Waals surface area contributed by atoms with Crippen LogP contribution >= 0.6 is 0 Å². The molecule has 2 atom stereocenters. The van der Waals surface area contributed by atoms with Crippen molar-refractivity contribution in [1.29, 1.82) is 0 Å². The van der Waals surface area contributed by atoms with Gasteiger partial charge in [0.1, 0.15) is 11.3 Å². The van der Waals surface area contributed by atoms with Crippen molar-refractivity contribution < 1.29 is 27.8 Å². The van der Waals surface area contributed by atoms with Gasteiger partial charge < -0.3 is 15.2 Å². The summed E-state index contributed by atoms with van der Waals surface area (Å²) in [6.45, 7) is 7.89. The second-order valence-electron chi connectivity index (χ2n) is 10.4. The molecule has 4 rings (SSSR count). The summed E-state index contributed by atoms with van der Waals surface area (Å²) in [6, 6.07) is 9.93. The van der Waals surface area contributed by atoms with Gasteiger partial charge in [-0.1, -0.05) is 26.0 Å². The zero-order valence-electron chi connectivity index (χ0n) is 21.8. The molecule has 3 aromatic rings. The van der Waals surface area contributed by atoms with E-state index in [0.29, 0.717) is 37.3 Å². The molecular weight excluding hydrogens is 497 g/mol. The third-order valence-electron chi connectivity index (χ3n) is 6.96. The molecular formula is C28H31F3N4O3. The molecule has 10 heteroatoms. The monoisotopic (exact) mass is 528 g/mol. The van der Waals surface area contributed by atoms with E-state index in [2.05, 4.69) is 20.3 Å². The van der Waals surface area contributed by atoms with Crippen LogP contribution in [0.2, 0.25) is 0 Å². The number of hydrogen-bond donors (Lipinski definition) is 2. The highest BCUT2D eigenvalue weighted by molar-refractivity contribution is 5.73. The summed E-state index contributed by atoms with van der Waals surface area (Å²) in [7, 11) is 0. The molecule has 1 aromatic carbocycles. The quantitative estimate of drug-likeness (QED) is 0.369. The number of ether oxygens (including phenoxy) is 1. The fourth-order valence-electron chi connectivity index (χ4n) is 5.21. The van der Waals surface area contributed by atoms with E-state index in [1.165, 1.54) is 0 Å². The molecule has 1 fully saturated rings. The highest BCUT2D eigenvalue weighted by Gasteiger charge is 2.49. The molecule has 1 aliphatic rings. The minimum Gasteiger partial charge on any atom is -0.466 e. The number of rotatable bonds is 6. The maximum atomic E-state index is 13.0. The van der Waals surface area contributed by atoms with Gasteiger partial charge >= 0.3 is 12.1 Å². The predicted octanol–water partition coefficient (Wildman–Crippen LogP) is 6.19. The van der Waals surface area contributed by atoms with Crippen LogP contribution in [0, 0.1) is 18.3 Å². The molecule has 2 unspecified atom stereocenters. The van der Waals surface area contributed by atoms with Gasteiger partial charge in [0.25, 0.3) is 0 Å². The summed E-state index contributed by atoms with van der Waals surface area (Å²) in [5.41, 5.74) is 0.818. The van der Waals surface area contributed by atoms with E-state index in [4.69, 9.17) is 4.74 Å². The molecule has 7 nitrogen and oxygen atoms in total. The summed E-state index contributed by atoms with van der Waals surface area (Å²) < 4.78 is 44.3. The van der Waals surface area contributed by atoms with Gasteiger partial charge in [-0.3, -0.25) is 9.78 Å². The van der Waals surface area contributed by atoms with Gasteiger partial charge in [-0.2, -0.15) is 13.2 Å². The zero-order chi connectivity index (χ0) is 27.7. The molecule has 0 spiro atoms. The van der Waals surface area contributed by atoms with E-state index in [1.54, 1.807) is 31.3 Å². The first-order valence-electron chi connectivity index (χ1n) is 12.5. The van der Waals surface area contributed by atoms with E-state index in [0.717, 1.165) is 29.0 Å². The second-order valence-corrected chi connectivity index (χ2v) is 10.4. The number of carbonyl (C=O) groups is 1. The highest BCUT2D eigenvalue weighted by atomic mass is 19.4. The largest absolute Gasteiger partial charge is 0.466 e. The Morgan fingerprint density at radius 3 is 2.55 bits per heavy atom. The predicted molar refractivity (Wildman–Crippen MR) is 136 cm³/mol. The number of nitrogens with zero attached hydrogens (tertiary/aromatic N) is 3. The number of alkyl halides is 3. The smallest absolute Gasteiger partial charge is 0.433 e. The topological polar surface area (TPSA) is 97.2 Å². The summed E-state index contributed by atoms with van der Waals surface area (Å²) in [6.07, 6.45) is -0.591. The molecule has 2 N–H and O–H groups in total. The van der Waals surface area contributed by atoms with Gasteiger partial charge in [0.15, 0.2) is 0 Å². The number of benzene rings is 1. The van der Waals surface area contributed by atoms with Gasteiger partial charge in [-0.05, 0) is 73.9 Å². The number of aryl methyl sites for hydroxylation is 1. The first-order chi connectivity index (χ1) is 17.8. The number of carbonyl (C=O) groups excluding carboxylic acids is 1. The van der Waals surface area contributed by atoms with Crippen molar-refractivity contribution >= 4 is 17.6 Å². The average molecular weight is 529 g/mol. The first kappa shape index (κ1) is 27.5. The van der Waals surface area contributed by atoms with Gasteiger partial charge in [0, 0.05) is 23.6 Å². The summed E-state index contributed by atoms with van der Waals surface area (Å²) in [4.78, 5) is 24.4. The number of hydrogen-bond acceptors (Lipinski definition) is 7. The van der Waals surface area contributed by atoms with Gasteiger partial charge in [-0.15, -0.1) is 0 Å². The van der Waals surface area contributed by atoms with Crippen LogP contribution in [0.1, 0.15) is 57.0 Å². The van der Waals surface area contributed by atoms with Crippen molar-refractivity contribution in [2.24, 2.45) is 11.3 Å². The molecule has 1 aliphatic carbocycles. The van der Waals surface area contributed by atoms with Gasteiger partial charge in [0.05, 0.1) is 18.2 Å². The minimum absolute atomic E-state index is 0.159. The number of aromatic nitrogens is 3. The normalized spacial score (nSPS) is 21.1. The van der Waals surface area contributed by atoms with E-state index >= 15 is 0 Å². The lowest BCUT2D eigenvalue weighted by Crippen LogP contribution is -2.45. The maximum absolute atomic E-state index is 13.0. The zero-order valence-corrected chi connectivity index (χ0v) is 21.8. The number of esters is 1. The van der Waals surface area contributed by atoms with Crippen LogP contribution < -0.4 is 5.32 Å².